The van der Waals surface area contributed by atoms with Gasteiger partial charge in [-0.2, -0.15) is 8.42 Å². The highest BCUT2D eigenvalue weighted by Gasteiger charge is 2.23. The zero-order chi connectivity index (χ0) is 22.5. The lowest BCUT2D eigenvalue weighted by Gasteiger charge is -2.17. The van der Waals surface area contributed by atoms with Gasteiger partial charge in [0.25, 0.3) is 5.56 Å². The number of aromatic nitrogens is 2. The number of H-pyrrole nitrogens is 1. The fraction of sp³-hybridized carbons (Fsp3) is 0.250. The molecule has 0 bridgehead atoms. The van der Waals surface area contributed by atoms with E-state index in [0.717, 1.165) is 35.2 Å². The van der Waals surface area contributed by atoms with E-state index in [1.807, 2.05) is 6.92 Å². The molecule has 0 amide bonds. The van der Waals surface area contributed by atoms with E-state index < -0.39 is 10.1 Å². The van der Waals surface area contributed by atoms with Crippen molar-refractivity contribution >= 4 is 31.7 Å². The average molecular weight is 467 g/mol. The molecule has 164 valence electrons. The largest absolute Gasteiger partial charge is 0.379 e. The third-order valence-corrected chi connectivity index (χ3v) is 8.20. The summed E-state index contributed by atoms with van der Waals surface area (Å²) in [5, 5.41) is 0.690. The second kappa shape index (κ2) is 7.86. The van der Waals surface area contributed by atoms with Gasteiger partial charge in [0.2, 0.25) is 0 Å². The number of aryl methyl sites for hydroxylation is 2. The van der Waals surface area contributed by atoms with E-state index in [2.05, 4.69) is 11.9 Å². The second-order valence-electron chi connectivity index (χ2n) is 8.32. The minimum absolute atomic E-state index is 0.0832. The van der Waals surface area contributed by atoms with Crippen molar-refractivity contribution in [2.45, 2.75) is 38.0 Å². The standard InChI is InChI=1S/C24H22N2O4S2/c1-14-6-9-18(10-7-14)32(28,29)30-17-5-3-4-16(13-17)22-25-23(27)21-19-11-8-15(2)12-20(19)31-24(21)26-22/h3-7,9-10,13,15H,8,11-12H2,1-2H3,(H,25,26,27)/t15-/m0/s1. The molecule has 0 unspecified atom stereocenters. The average Bonchev–Trinajstić information content (AvgIpc) is 3.11. The van der Waals surface area contributed by atoms with E-state index in [0.29, 0.717) is 22.7 Å². The van der Waals surface area contributed by atoms with Crippen molar-refractivity contribution in [2.24, 2.45) is 5.92 Å². The molecule has 8 heteroatoms. The van der Waals surface area contributed by atoms with Crippen LogP contribution < -0.4 is 9.74 Å². The topological polar surface area (TPSA) is 89.1 Å². The van der Waals surface area contributed by atoms with Crippen LogP contribution in [0, 0.1) is 12.8 Å². The molecule has 2 aromatic heterocycles. The number of rotatable bonds is 4. The van der Waals surface area contributed by atoms with Crippen LogP contribution in [0.2, 0.25) is 0 Å². The van der Waals surface area contributed by atoms with Gasteiger partial charge in [-0.1, -0.05) is 36.8 Å². The Morgan fingerprint density at radius 2 is 1.94 bits per heavy atom. The van der Waals surface area contributed by atoms with Gasteiger partial charge < -0.3 is 9.17 Å². The summed E-state index contributed by atoms with van der Waals surface area (Å²) in [5.41, 5.74) is 2.52. The molecule has 2 heterocycles. The van der Waals surface area contributed by atoms with Crippen LogP contribution in [-0.4, -0.2) is 18.4 Å². The molecule has 0 fully saturated rings. The Morgan fingerprint density at radius 3 is 2.72 bits per heavy atom. The van der Waals surface area contributed by atoms with Crippen molar-refractivity contribution in [3.63, 3.8) is 0 Å². The molecule has 1 aliphatic rings. The first kappa shape index (κ1) is 20.9. The van der Waals surface area contributed by atoms with Crippen LogP contribution in [0.5, 0.6) is 5.75 Å². The smallest absolute Gasteiger partial charge is 0.339 e. The van der Waals surface area contributed by atoms with Gasteiger partial charge in [0.15, 0.2) is 0 Å². The monoisotopic (exact) mass is 466 g/mol. The maximum atomic E-state index is 12.9. The molecule has 5 rings (SSSR count). The highest BCUT2D eigenvalue weighted by Crippen LogP contribution is 2.36. The maximum Gasteiger partial charge on any atom is 0.339 e. The number of benzene rings is 2. The van der Waals surface area contributed by atoms with Crippen LogP contribution in [-0.2, 0) is 23.0 Å². The molecular formula is C24H22N2O4S2. The molecule has 1 atom stereocenters. The number of hydrogen-bond acceptors (Lipinski definition) is 6. The zero-order valence-electron chi connectivity index (χ0n) is 17.7. The summed E-state index contributed by atoms with van der Waals surface area (Å²) in [7, 11) is -3.97. The van der Waals surface area contributed by atoms with Crippen LogP contribution in [0.25, 0.3) is 21.6 Å². The highest BCUT2D eigenvalue weighted by atomic mass is 32.2. The minimum Gasteiger partial charge on any atom is -0.379 e. The molecule has 1 N–H and O–H groups in total. The summed E-state index contributed by atoms with van der Waals surface area (Å²) in [6.07, 6.45) is 2.96. The normalized spacial score (nSPS) is 16.1. The first-order valence-corrected chi connectivity index (χ1v) is 12.7. The van der Waals surface area contributed by atoms with E-state index in [9.17, 15) is 13.2 Å². The lowest BCUT2D eigenvalue weighted by atomic mass is 9.89. The molecule has 0 aliphatic heterocycles. The van der Waals surface area contributed by atoms with Crippen LogP contribution >= 0.6 is 11.3 Å². The van der Waals surface area contributed by atoms with Crippen molar-refractivity contribution < 1.29 is 12.6 Å². The SMILES string of the molecule is Cc1ccc(S(=O)(=O)Oc2cccc(-c3nc4sc5c(c4c(=O)[nH]3)CC[C@H](C)C5)c2)cc1. The predicted molar refractivity (Wildman–Crippen MR) is 126 cm³/mol. The number of fused-ring (bicyclic) bond motifs is 3. The van der Waals surface area contributed by atoms with Crippen molar-refractivity contribution in [3.8, 4) is 17.1 Å². The quantitative estimate of drug-likeness (QED) is 0.434. The predicted octanol–water partition coefficient (Wildman–Crippen LogP) is 4.85. The van der Waals surface area contributed by atoms with Crippen molar-refractivity contribution in [1.29, 1.82) is 0 Å². The van der Waals surface area contributed by atoms with Crippen molar-refractivity contribution in [1.82, 2.24) is 9.97 Å². The Balaban J connectivity index is 1.50. The van der Waals surface area contributed by atoms with Gasteiger partial charge in [-0.15, -0.1) is 11.3 Å². The van der Waals surface area contributed by atoms with E-state index in [4.69, 9.17) is 9.17 Å². The first-order valence-electron chi connectivity index (χ1n) is 10.5. The molecule has 0 radical (unpaired) electrons. The van der Waals surface area contributed by atoms with Crippen molar-refractivity contribution in [3.05, 3.63) is 74.9 Å². The third-order valence-electron chi connectivity index (χ3n) is 5.79. The molecule has 6 nitrogen and oxygen atoms in total. The molecule has 4 aromatic rings. The number of hydrogen-bond donors (Lipinski definition) is 1. The number of aromatic amines is 1. The number of nitrogens with zero attached hydrogens (tertiary/aromatic N) is 1. The Morgan fingerprint density at radius 1 is 1.16 bits per heavy atom. The fourth-order valence-corrected chi connectivity index (χ4v) is 6.37. The summed E-state index contributed by atoms with van der Waals surface area (Å²) >= 11 is 1.58. The highest BCUT2D eigenvalue weighted by molar-refractivity contribution is 7.87. The number of nitrogens with one attached hydrogen (secondary N) is 1. The molecular weight excluding hydrogens is 444 g/mol. The summed E-state index contributed by atoms with van der Waals surface area (Å²) in [6, 6.07) is 13.1. The molecule has 0 spiro atoms. The van der Waals surface area contributed by atoms with Crippen LogP contribution in [0.15, 0.2) is 58.2 Å². The van der Waals surface area contributed by atoms with E-state index in [1.54, 1.807) is 47.7 Å². The van der Waals surface area contributed by atoms with Gasteiger partial charge in [0.05, 0.1) is 5.39 Å². The lowest BCUT2D eigenvalue weighted by molar-refractivity contribution is 0.486. The van der Waals surface area contributed by atoms with Gasteiger partial charge >= 0.3 is 10.1 Å². The van der Waals surface area contributed by atoms with Gasteiger partial charge in [-0.05, 0) is 61.9 Å². The Labute approximate surface area is 190 Å². The first-order chi connectivity index (χ1) is 15.3. The van der Waals surface area contributed by atoms with Crippen molar-refractivity contribution in [2.75, 3.05) is 0 Å². The van der Waals surface area contributed by atoms with Gasteiger partial charge in [0, 0.05) is 10.4 Å². The second-order valence-corrected chi connectivity index (χ2v) is 11.0. The minimum atomic E-state index is -3.97. The van der Waals surface area contributed by atoms with Crippen LogP contribution in [0.1, 0.15) is 29.3 Å². The number of thiophene rings is 1. The molecule has 1 aliphatic carbocycles. The van der Waals surface area contributed by atoms with Crippen LogP contribution in [0.3, 0.4) is 0 Å². The lowest BCUT2D eigenvalue weighted by Crippen LogP contribution is -2.13. The van der Waals surface area contributed by atoms with E-state index >= 15 is 0 Å². The Kier molecular flexibility index (Phi) is 5.14. The molecule has 2 aromatic carbocycles. The Bertz CT molecular complexity index is 1480. The summed E-state index contributed by atoms with van der Waals surface area (Å²) in [4.78, 5) is 22.5. The fourth-order valence-electron chi connectivity index (χ4n) is 4.06. The third kappa shape index (κ3) is 3.84. The summed E-state index contributed by atoms with van der Waals surface area (Å²) < 4.78 is 30.6. The molecule has 32 heavy (non-hydrogen) atoms. The van der Waals surface area contributed by atoms with E-state index in [-0.39, 0.29) is 16.2 Å². The van der Waals surface area contributed by atoms with E-state index in [1.165, 1.54) is 17.0 Å². The zero-order valence-corrected chi connectivity index (χ0v) is 19.3. The maximum absolute atomic E-state index is 12.9. The van der Waals surface area contributed by atoms with Crippen LogP contribution in [0.4, 0.5) is 0 Å². The van der Waals surface area contributed by atoms with Gasteiger partial charge in [0.1, 0.15) is 21.3 Å². The molecule has 0 saturated heterocycles. The summed E-state index contributed by atoms with van der Waals surface area (Å²) in [5.74, 6) is 1.16. The van der Waals surface area contributed by atoms with Gasteiger partial charge in [-0.25, -0.2) is 4.98 Å². The molecule has 0 saturated carbocycles. The summed E-state index contributed by atoms with van der Waals surface area (Å²) in [6.45, 7) is 4.11. The Hall–Kier alpha value is -2.97. The van der Waals surface area contributed by atoms with Gasteiger partial charge in [-0.3, -0.25) is 4.79 Å².